The Morgan fingerprint density at radius 2 is 2.00 bits per heavy atom. The first-order chi connectivity index (χ1) is 9.99. The van der Waals surface area contributed by atoms with Gasteiger partial charge in [-0.2, -0.15) is 0 Å². The average Bonchev–Trinajstić information content (AvgIpc) is 2.91. The van der Waals surface area contributed by atoms with Crippen molar-refractivity contribution < 1.29 is 14.7 Å². The van der Waals surface area contributed by atoms with Crippen LogP contribution in [-0.4, -0.2) is 53.5 Å². The molecule has 1 aliphatic rings. The van der Waals surface area contributed by atoms with Crippen LogP contribution in [0.4, 0.5) is 5.69 Å². The maximum absolute atomic E-state index is 12.1. The van der Waals surface area contributed by atoms with Gasteiger partial charge in [0.1, 0.15) is 0 Å². The van der Waals surface area contributed by atoms with Gasteiger partial charge >= 0.3 is 5.97 Å². The summed E-state index contributed by atoms with van der Waals surface area (Å²) in [6, 6.07) is 5.03. The van der Waals surface area contributed by atoms with Crippen molar-refractivity contribution in [1.82, 2.24) is 9.80 Å². The molecule has 1 aliphatic heterocycles. The lowest BCUT2D eigenvalue weighted by Gasteiger charge is -2.22. The van der Waals surface area contributed by atoms with Crippen LogP contribution in [0.5, 0.6) is 0 Å². The second-order valence-electron chi connectivity index (χ2n) is 5.45. The Labute approximate surface area is 124 Å². The van der Waals surface area contributed by atoms with Crippen LogP contribution in [0.25, 0.3) is 0 Å². The third kappa shape index (κ3) is 3.72. The van der Waals surface area contributed by atoms with E-state index in [4.69, 9.17) is 5.73 Å². The SMILES string of the molecule is CN(CC(=O)N1CCCC1)Cc1cccc(N)c1C(=O)O. The van der Waals surface area contributed by atoms with E-state index in [0.29, 0.717) is 12.1 Å². The normalized spacial score (nSPS) is 14.7. The van der Waals surface area contributed by atoms with Crippen molar-refractivity contribution in [1.29, 1.82) is 0 Å². The molecular formula is C15H21N3O3. The fraction of sp³-hybridized carbons (Fsp3) is 0.467. The van der Waals surface area contributed by atoms with Gasteiger partial charge in [-0.05, 0) is 31.5 Å². The van der Waals surface area contributed by atoms with E-state index in [1.807, 2.05) is 16.8 Å². The number of likely N-dealkylation sites (N-methyl/N-ethyl adjacent to an activating group) is 1. The standard InChI is InChI=1S/C15H21N3O3/c1-17(10-13(19)18-7-2-3-8-18)9-11-5-4-6-12(16)14(11)15(20)21/h4-6H,2-3,7-10,16H2,1H3,(H,20,21). The van der Waals surface area contributed by atoms with Gasteiger partial charge in [0.05, 0.1) is 12.1 Å². The minimum absolute atomic E-state index is 0.0933. The highest BCUT2D eigenvalue weighted by molar-refractivity contribution is 5.95. The van der Waals surface area contributed by atoms with Gasteiger partial charge in [-0.15, -0.1) is 0 Å². The van der Waals surface area contributed by atoms with E-state index in [0.717, 1.165) is 25.9 Å². The summed E-state index contributed by atoms with van der Waals surface area (Å²) < 4.78 is 0. The molecule has 1 amide bonds. The third-order valence-corrected chi connectivity index (χ3v) is 3.70. The number of carbonyl (C=O) groups excluding carboxylic acids is 1. The monoisotopic (exact) mass is 291 g/mol. The molecule has 3 N–H and O–H groups in total. The number of benzene rings is 1. The van der Waals surface area contributed by atoms with Crippen molar-refractivity contribution in [2.24, 2.45) is 0 Å². The number of anilines is 1. The molecule has 0 aromatic heterocycles. The van der Waals surface area contributed by atoms with Gasteiger partial charge in [0.2, 0.25) is 5.91 Å². The maximum atomic E-state index is 12.1. The second kappa shape index (κ2) is 6.58. The highest BCUT2D eigenvalue weighted by Gasteiger charge is 2.20. The number of nitrogens with zero attached hydrogens (tertiary/aromatic N) is 2. The van der Waals surface area contributed by atoms with Gasteiger partial charge < -0.3 is 15.7 Å². The van der Waals surface area contributed by atoms with Crippen LogP contribution < -0.4 is 5.73 Å². The Bertz CT molecular complexity index is 539. The molecule has 0 radical (unpaired) electrons. The number of nitrogens with two attached hydrogens (primary N) is 1. The maximum Gasteiger partial charge on any atom is 0.338 e. The molecule has 0 unspecified atom stereocenters. The van der Waals surface area contributed by atoms with Crippen LogP contribution in [0, 0.1) is 0 Å². The Kier molecular flexibility index (Phi) is 4.80. The largest absolute Gasteiger partial charge is 0.478 e. The van der Waals surface area contributed by atoms with E-state index in [-0.39, 0.29) is 23.7 Å². The van der Waals surface area contributed by atoms with E-state index in [2.05, 4.69) is 0 Å². The lowest BCUT2D eigenvalue weighted by Crippen LogP contribution is -2.37. The summed E-state index contributed by atoms with van der Waals surface area (Å²) in [7, 11) is 1.81. The molecule has 21 heavy (non-hydrogen) atoms. The molecule has 1 aromatic carbocycles. The molecule has 1 heterocycles. The summed E-state index contributed by atoms with van der Waals surface area (Å²) in [5.41, 5.74) is 6.72. The first-order valence-corrected chi connectivity index (χ1v) is 7.06. The molecule has 0 aliphatic carbocycles. The number of amides is 1. The van der Waals surface area contributed by atoms with Gasteiger partial charge in [0.15, 0.2) is 0 Å². The molecular weight excluding hydrogens is 270 g/mol. The van der Waals surface area contributed by atoms with E-state index in [9.17, 15) is 14.7 Å². The number of rotatable bonds is 5. The van der Waals surface area contributed by atoms with Crippen molar-refractivity contribution >= 4 is 17.6 Å². The Hall–Kier alpha value is -2.08. The van der Waals surface area contributed by atoms with Crippen molar-refractivity contribution in [3.05, 3.63) is 29.3 Å². The summed E-state index contributed by atoms with van der Waals surface area (Å²) in [6.07, 6.45) is 2.13. The zero-order valence-corrected chi connectivity index (χ0v) is 12.2. The molecule has 1 saturated heterocycles. The molecule has 0 spiro atoms. The van der Waals surface area contributed by atoms with E-state index < -0.39 is 5.97 Å². The topological polar surface area (TPSA) is 86.9 Å². The van der Waals surface area contributed by atoms with Crippen LogP contribution in [0.15, 0.2) is 18.2 Å². The Morgan fingerprint density at radius 3 is 2.62 bits per heavy atom. The summed E-state index contributed by atoms with van der Waals surface area (Å²) in [5.74, 6) is -0.946. The van der Waals surface area contributed by atoms with Crippen molar-refractivity contribution in [3.63, 3.8) is 0 Å². The summed E-state index contributed by atoms with van der Waals surface area (Å²) in [6.45, 7) is 2.32. The first-order valence-electron chi connectivity index (χ1n) is 7.06. The lowest BCUT2D eigenvalue weighted by atomic mass is 10.1. The Balaban J connectivity index is 2.02. The number of carboxylic acid groups (broad SMARTS) is 1. The predicted molar refractivity (Wildman–Crippen MR) is 80.0 cm³/mol. The van der Waals surface area contributed by atoms with Crippen LogP contribution in [-0.2, 0) is 11.3 Å². The Morgan fingerprint density at radius 1 is 1.33 bits per heavy atom. The molecule has 0 atom stereocenters. The van der Waals surface area contributed by atoms with Crippen LogP contribution in [0.2, 0.25) is 0 Å². The van der Waals surface area contributed by atoms with Crippen LogP contribution in [0.3, 0.4) is 0 Å². The molecule has 0 saturated carbocycles. The fourth-order valence-corrected chi connectivity index (χ4v) is 2.66. The molecule has 114 valence electrons. The lowest BCUT2D eigenvalue weighted by molar-refractivity contribution is -0.131. The van der Waals surface area contributed by atoms with E-state index in [1.165, 1.54) is 0 Å². The quantitative estimate of drug-likeness (QED) is 0.791. The number of hydrogen-bond acceptors (Lipinski definition) is 4. The number of nitrogen functional groups attached to an aromatic ring is 1. The third-order valence-electron chi connectivity index (χ3n) is 3.70. The zero-order chi connectivity index (χ0) is 15.4. The van der Waals surface area contributed by atoms with Crippen molar-refractivity contribution in [2.45, 2.75) is 19.4 Å². The molecule has 6 nitrogen and oxygen atoms in total. The highest BCUT2D eigenvalue weighted by atomic mass is 16.4. The predicted octanol–water partition coefficient (Wildman–Crippen LogP) is 1.02. The molecule has 1 aromatic rings. The average molecular weight is 291 g/mol. The van der Waals surface area contributed by atoms with Gasteiger partial charge in [-0.3, -0.25) is 9.69 Å². The van der Waals surface area contributed by atoms with Gasteiger partial charge in [0, 0.05) is 25.3 Å². The minimum Gasteiger partial charge on any atom is -0.478 e. The van der Waals surface area contributed by atoms with Gasteiger partial charge in [0.25, 0.3) is 0 Å². The van der Waals surface area contributed by atoms with Crippen LogP contribution in [0.1, 0.15) is 28.8 Å². The number of hydrogen-bond donors (Lipinski definition) is 2. The fourth-order valence-electron chi connectivity index (χ4n) is 2.66. The summed E-state index contributed by atoms with van der Waals surface area (Å²) >= 11 is 0. The van der Waals surface area contributed by atoms with Gasteiger partial charge in [-0.1, -0.05) is 12.1 Å². The van der Waals surface area contributed by atoms with Crippen LogP contribution >= 0.6 is 0 Å². The number of aromatic carboxylic acids is 1. The number of likely N-dealkylation sites (tertiary alicyclic amines) is 1. The molecule has 2 rings (SSSR count). The first kappa shape index (κ1) is 15.3. The second-order valence-corrected chi connectivity index (χ2v) is 5.45. The highest BCUT2D eigenvalue weighted by Crippen LogP contribution is 2.18. The van der Waals surface area contributed by atoms with Crippen molar-refractivity contribution in [3.8, 4) is 0 Å². The summed E-state index contributed by atoms with van der Waals surface area (Å²) in [5, 5.41) is 9.24. The minimum atomic E-state index is -1.04. The van der Waals surface area contributed by atoms with Crippen molar-refractivity contribution in [2.75, 3.05) is 32.4 Å². The summed E-state index contributed by atoms with van der Waals surface area (Å²) in [4.78, 5) is 27.0. The number of carbonyl (C=O) groups is 2. The molecule has 0 bridgehead atoms. The number of carboxylic acids is 1. The smallest absolute Gasteiger partial charge is 0.338 e. The van der Waals surface area contributed by atoms with E-state index >= 15 is 0 Å². The van der Waals surface area contributed by atoms with E-state index in [1.54, 1.807) is 18.2 Å². The molecule has 1 fully saturated rings. The molecule has 6 heteroatoms. The zero-order valence-electron chi connectivity index (χ0n) is 12.2. The van der Waals surface area contributed by atoms with Gasteiger partial charge in [-0.25, -0.2) is 4.79 Å².